The summed E-state index contributed by atoms with van der Waals surface area (Å²) in [5.41, 5.74) is 1.40. The predicted octanol–water partition coefficient (Wildman–Crippen LogP) is 3.97. The molecular weight excluding hydrogens is 323 g/mol. The maximum Gasteiger partial charge on any atom is 0.145 e. The van der Waals surface area contributed by atoms with Gasteiger partial charge in [-0.1, -0.05) is 22.0 Å². The summed E-state index contributed by atoms with van der Waals surface area (Å²) >= 11 is 3.20. The zero-order chi connectivity index (χ0) is 14.5. The van der Waals surface area contributed by atoms with Crippen LogP contribution in [0.4, 0.5) is 4.39 Å². The van der Waals surface area contributed by atoms with Gasteiger partial charge in [0.25, 0.3) is 0 Å². The van der Waals surface area contributed by atoms with Gasteiger partial charge >= 0.3 is 0 Å². The third kappa shape index (κ3) is 3.56. The molecule has 0 bridgehead atoms. The van der Waals surface area contributed by atoms with E-state index >= 15 is 0 Å². The van der Waals surface area contributed by atoms with E-state index in [1.54, 1.807) is 18.2 Å². The van der Waals surface area contributed by atoms with Crippen molar-refractivity contribution in [1.29, 1.82) is 5.26 Å². The Balaban J connectivity index is 2.31. The lowest BCUT2D eigenvalue weighted by atomic mass is 10.1. The zero-order valence-electron chi connectivity index (χ0n) is 10.8. The van der Waals surface area contributed by atoms with Crippen molar-refractivity contribution in [1.82, 2.24) is 5.32 Å². The molecule has 5 heteroatoms. The van der Waals surface area contributed by atoms with Crippen LogP contribution in [0.15, 0.2) is 40.9 Å². The molecule has 2 rings (SSSR count). The lowest BCUT2D eigenvalue weighted by molar-refractivity contribution is 0.474. The summed E-state index contributed by atoms with van der Waals surface area (Å²) in [7, 11) is 1.83. The Kier molecular flexibility index (Phi) is 4.72. The number of hydrogen-bond acceptors (Lipinski definition) is 3. The number of halogens is 2. The van der Waals surface area contributed by atoms with E-state index in [2.05, 4.69) is 27.3 Å². The van der Waals surface area contributed by atoms with E-state index in [4.69, 9.17) is 10.00 Å². The molecule has 2 aromatic carbocycles. The van der Waals surface area contributed by atoms with E-state index in [1.165, 1.54) is 12.1 Å². The normalized spacial score (nSPS) is 10.1. The summed E-state index contributed by atoms with van der Waals surface area (Å²) in [5, 5.41) is 12.2. The van der Waals surface area contributed by atoms with Crippen molar-refractivity contribution in [2.24, 2.45) is 0 Å². The molecule has 0 saturated heterocycles. The van der Waals surface area contributed by atoms with Gasteiger partial charge in [0, 0.05) is 17.1 Å². The Labute approximate surface area is 125 Å². The van der Waals surface area contributed by atoms with Gasteiger partial charge in [0.1, 0.15) is 23.4 Å². The fourth-order valence-electron chi connectivity index (χ4n) is 1.78. The summed E-state index contributed by atoms with van der Waals surface area (Å²) in [5.74, 6) is 0.347. The van der Waals surface area contributed by atoms with Crippen molar-refractivity contribution in [3.05, 3.63) is 57.8 Å². The number of benzene rings is 2. The highest BCUT2D eigenvalue weighted by atomic mass is 79.9. The van der Waals surface area contributed by atoms with E-state index < -0.39 is 5.82 Å². The van der Waals surface area contributed by atoms with Gasteiger partial charge in [0.15, 0.2) is 0 Å². The highest BCUT2D eigenvalue weighted by molar-refractivity contribution is 9.10. The Morgan fingerprint density at radius 3 is 2.75 bits per heavy atom. The maximum atomic E-state index is 13.3. The molecule has 0 spiro atoms. The van der Waals surface area contributed by atoms with Crippen LogP contribution in [0.3, 0.4) is 0 Å². The second kappa shape index (κ2) is 6.51. The van der Waals surface area contributed by atoms with Crippen molar-refractivity contribution in [2.45, 2.75) is 6.54 Å². The Hall–Kier alpha value is -1.90. The average Bonchev–Trinajstić information content (AvgIpc) is 2.39. The quantitative estimate of drug-likeness (QED) is 0.919. The monoisotopic (exact) mass is 334 g/mol. The fraction of sp³-hybridized carbons (Fsp3) is 0.133. The van der Waals surface area contributed by atoms with E-state index in [0.717, 1.165) is 5.56 Å². The topological polar surface area (TPSA) is 45.0 Å². The third-order valence-corrected chi connectivity index (χ3v) is 3.07. The smallest absolute Gasteiger partial charge is 0.145 e. The number of hydrogen-bond donors (Lipinski definition) is 1. The lowest BCUT2D eigenvalue weighted by Gasteiger charge is -2.09. The van der Waals surface area contributed by atoms with Crippen molar-refractivity contribution in [3.8, 4) is 17.6 Å². The molecule has 0 aliphatic rings. The summed E-state index contributed by atoms with van der Waals surface area (Å²) in [6.45, 7) is 0.667. The minimum Gasteiger partial charge on any atom is -0.456 e. The van der Waals surface area contributed by atoms with Crippen LogP contribution in [0.25, 0.3) is 0 Å². The maximum absolute atomic E-state index is 13.3. The van der Waals surface area contributed by atoms with E-state index in [0.29, 0.717) is 28.1 Å². The van der Waals surface area contributed by atoms with Crippen molar-refractivity contribution in [2.75, 3.05) is 7.05 Å². The average molecular weight is 335 g/mol. The van der Waals surface area contributed by atoms with Gasteiger partial charge in [0.05, 0.1) is 5.56 Å². The number of nitrogens with one attached hydrogen (secondary N) is 1. The molecule has 0 aliphatic heterocycles. The first-order valence-corrected chi connectivity index (χ1v) is 6.73. The van der Waals surface area contributed by atoms with Gasteiger partial charge in [-0.05, 0) is 36.9 Å². The molecule has 20 heavy (non-hydrogen) atoms. The zero-order valence-corrected chi connectivity index (χ0v) is 12.4. The van der Waals surface area contributed by atoms with Crippen molar-refractivity contribution in [3.63, 3.8) is 0 Å². The second-order valence-electron chi connectivity index (χ2n) is 4.18. The molecule has 0 atom stereocenters. The molecule has 2 aromatic rings. The number of nitriles is 1. The molecule has 102 valence electrons. The number of nitrogens with zero attached hydrogens (tertiary/aromatic N) is 1. The van der Waals surface area contributed by atoms with E-state index in [9.17, 15) is 4.39 Å². The summed E-state index contributed by atoms with van der Waals surface area (Å²) in [6, 6.07) is 11.7. The molecule has 0 saturated carbocycles. The van der Waals surface area contributed by atoms with Crippen LogP contribution >= 0.6 is 15.9 Å². The highest BCUT2D eigenvalue weighted by Gasteiger charge is 2.07. The van der Waals surface area contributed by atoms with Gasteiger partial charge in [-0.25, -0.2) is 4.39 Å². The van der Waals surface area contributed by atoms with Crippen LogP contribution in [0.2, 0.25) is 0 Å². The first-order chi connectivity index (χ1) is 9.62. The summed E-state index contributed by atoms with van der Waals surface area (Å²) in [4.78, 5) is 0. The standard InChI is InChI=1S/C15H12BrFN2O/c1-19-9-10-2-3-15(11(4-10)8-18)20-14-6-12(16)5-13(17)7-14/h2-7,19H,9H2,1H3. The van der Waals surface area contributed by atoms with Crippen molar-refractivity contribution >= 4 is 15.9 Å². The molecule has 0 radical (unpaired) electrons. The van der Waals surface area contributed by atoms with Gasteiger partial charge in [-0.2, -0.15) is 5.26 Å². The minimum absolute atomic E-state index is 0.342. The molecule has 0 amide bonds. The van der Waals surface area contributed by atoms with Crippen LogP contribution in [-0.4, -0.2) is 7.05 Å². The summed E-state index contributed by atoms with van der Waals surface area (Å²) < 4.78 is 19.5. The van der Waals surface area contributed by atoms with Crippen LogP contribution in [0, 0.1) is 17.1 Å². The molecular formula is C15H12BrFN2O. The van der Waals surface area contributed by atoms with Crippen LogP contribution in [0.5, 0.6) is 11.5 Å². The number of ether oxygens (including phenoxy) is 1. The highest BCUT2D eigenvalue weighted by Crippen LogP contribution is 2.28. The predicted molar refractivity (Wildman–Crippen MR) is 78.1 cm³/mol. The van der Waals surface area contributed by atoms with E-state index in [1.807, 2.05) is 13.1 Å². The molecule has 0 aromatic heterocycles. The molecule has 0 aliphatic carbocycles. The molecule has 0 unspecified atom stereocenters. The van der Waals surface area contributed by atoms with Gasteiger partial charge < -0.3 is 10.1 Å². The van der Waals surface area contributed by atoms with Gasteiger partial charge in [-0.3, -0.25) is 0 Å². The van der Waals surface area contributed by atoms with Crippen LogP contribution < -0.4 is 10.1 Å². The second-order valence-corrected chi connectivity index (χ2v) is 5.10. The van der Waals surface area contributed by atoms with Gasteiger partial charge in [0.2, 0.25) is 0 Å². The Morgan fingerprint density at radius 2 is 2.10 bits per heavy atom. The molecule has 3 nitrogen and oxygen atoms in total. The van der Waals surface area contributed by atoms with Crippen LogP contribution in [0.1, 0.15) is 11.1 Å². The third-order valence-electron chi connectivity index (χ3n) is 2.61. The Morgan fingerprint density at radius 1 is 1.30 bits per heavy atom. The first-order valence-electron chi connectivity index (χ1n) is 5.94. The molecule has 0 heterocycles. The first kappa shape index (κ1) is 14.5. The largest absolute Gasteiger partial charge is 0.456 e. The lowest BCUT2D eigenvalue weighted by Crippen LogP contribution is -2.05. The molecule has 1 N–H and O–H groups in total. The SMILES string of the molecule is CNCc1ccc(Oc2cc(F)cc(Br)c2)c(C#N)c1. The van der Waals surface area contributed by atoms with Crippen molar-refractivity contribution < 1.29 is 9.13 Å². The summed E-state index contributed by atoms with van der Waals surface area (Å²) in [6.07, 6.45) is 0. The minimum atomic E-state index is -0.403. The fourth-order valence-corrected chi connectivity index (χ4v) is 2.23. The number of rotatable bonds is 4. The Bertz CT molecular complexity index is 647. The molecule has 0 fully saturated rings. The van der Waals surface area contributed by atoms with E-state index in [-0.39, 0.29) is 0 Å². The van der Waals surface area contributed by atoms with Crippen LogP contribution in [-0.2, 0) is 6.54 Å². The van der Waals surface area contributed by atoms with Gasteiger partial charge in [-0.15, -0.1) is 0 Å².